The molecule has 0 bridgehead atoms. The lowest BCUT2D eigenvalue weighted by Gasteiger charge is -2.06. The lowest BCUT2D eigenvalue weighted by molar-refractivity contribution is 0.878. The van der Waals surface area contributed by atoms with Crippen molar-refractivity contribution in [1.82, 2.24) is 14.8 Å². The Kier molecular flexibility index (Phi) is 4.10. The second-order valence-corrected chi connectivity index (χ2v) is 6.81. The van der Waals surface area contributed by atoms with Gasteiger partial charge < -0.3 is 0 Å². The Labute approximate surface area is 153 Å². The molecule has 0 unspecified atom stereocenters. The molecule has 0 radical (unpaired) electrons. The van der Waals surface area contributed by atoms with Crippen LogP contribution < -0.4 is 0 Å². The molecule has 0 saturated carbocycles. The van der Waals surface area contributed by atoms with Gasteiger partial charge in [0.2, 0.25) is 5.13 Å². The minimum atomic E-state index is 0.587. The van der Waals surface area contributed by atoms with Crippen LogP contribution in [0.15, 0.2) is 66.2 Å². The molecule has 0 atom stereocenters. The largest absolute Gasteiger partial charge is 0.218 e. The fraction of sp³-hybridized carbons (Fsp3) is 0. The molecule has 0 amide bonds. The molecule has 118 valence electrons. The van der Waals surface area contributed by atoms with Gasteiger partial charge in [-0.1, -0.05) is 53.5 Å². The van der Waals surface area contributed by atoms with Gasteiger partial charge in [0.1, 0.15) is 0 Å². The number of aromatic nitrogens is 3. The smallest absolute Gasteiger partial charge is 0.211 e. The van der Waals surface area contributed by atoms with Crippen LogP contribution in [0, 0.1) is 0 Å². The summed E-state index contributed by atoms with van der Waals surface area (Å²) in [6.45, 7) is 0. The Bertz CT molecular complexity index is 992. The molecule has 0 aliphatic heterocycles. The third-order valence-electron chi connectivity index (χ3n) is 3.59. The normalized spacial score (nSPS) is 10.9. The van der Waals surface area contributed by atoms with Gasteiger partial charge in [-0.25, -0.2) is 9.67 Å². The molecule has 4 aromatic rings. The van der Waals surface area contributed by atoms with Crippen LogP contribution in [0.2, 0.25) is 10.0 Å². The van der Waals surface area contributed by atoms with Gasteiger partial charge in [-0.15, -0.1) is 11.3 Å². The molecule has 0 N–H and O–H groups in total. The molecule has 0 aliphatic carbocycles. The monoisotopic (exact) mass is 371 g/mol. The van der Waals surface area contributed by atoms with E-state index in [9.17, 15) is 0 Å². The number of hydrogen-bond acceptors (Lipinski definition) is 3. The highest BCUT2D eigenvalue weighted by Crippen LogP contribution is 2.33. The van der Waals surface area contributed by atoms with Crippen molar-refractivity contribution in [3.63, 3.8) is 0 Å². The predicted octanol–water partition coefficient (Wildman–Crippen LogP) is 5.97. The van der Waals surface area contributed by atoms with Gasteiger partial charge in [-0.3, -0.25) is 0 Å². The van der Waals surface area contributed by atoms with E-state index < -0.39 is 0 Å². The lowest BCUT2D eigenvalue weighted by atomic mass is 10.1. The van der Waals surface area contributed by atoms with Gasteiger partial charge in [-0.2, -0.15) is 5.10 Å². The highest BCUT2D eigenvalue weighted by Gasteiger charge is 2.14. The van der Waals surface area contributed by atoms with Gasteiger partial charge in [0, 0.05) is 21.5 Å². The zero-order chi connectivity index (χ0) is 16.5. The molecule has 24 heavy (non-hydrogen) atoms. The maximum absolute atomic E-state index is 6.34. The molecule has 2 aromatic heterocycles. The number of nitrogens with zero attached hydrogens (tertiary/aromatic N) is 3. The topological polar surface area (TPSA) is 30.7 Å². The first-order valence-corrected chi connectivity index (χ1v) is 8.87. The van der Waals surface area contributed by atoms with Gasteiger partial charge in [-0.05, 0) is 24.3 Å². The van der Waals surface area contributed by atoms with E-state index in [4.69, 9.17) is 28.2 Å². The Balaban J connectivity index is 1.77. The molecule has 0 spiro atoms. The van der Waals surface area contributed by atoms with Crippen LogP contribution in [-0.4, -0.2) is 14.8 Å². The van der Waals surface area contributed by atoms with Crippen LogP contribution in [0.25, 0.3) is 27.6 Å². The fourth-order valence-electron chi connectivity index (χ4n) is 2.46. The highest BCUT2D eigenvalue weighted by atomic mass is 35.5. The van der Waals surface area contributed by atoms with E-state index in [1.165, 1.54) is 0 Å². The molecule has 3 nitrogen and oxygen atoms in total. The third-order valence-corrected chi connectivity index (χ3v) is 4.96. The molecular formula is C18H11Cl2N3S. The zero-order valence-electron chi connectivity index (χ0n) is 12.4. The fourth-order valence-corrected chi connectivity index (χ4v) is 3.77. The molecule has 4 rings (SSSR count). The predicted molar refractivity (Wildman–Crippen MR) is 100 cm³/mol. The number of thiazole rings is 1. The van der Waals surface area contributed by atoms with Gasteiger partial charge in [0.15, 0.2) is 0 Å². The summed E-state index contributed by atoms with van der Waals surface area (Å²) >= 11 is 13.9. The van der Waals surface area contributed by atoms with Crippen LogP contribution >= 0.6 is 34.5 Å². The van der Waals surface area contributed by atoms with Crippen molar-refractivity contribution >= 4 is 34.5 Å². The summed E-state index contributed by atoms with van der Waals surface area (Å²) in [5.41, 5.74) is 3.76. The van der Waals surface area contributed by atoms with Crippen molar-refractivity contribution < 1.29 is 0 Å². The first-order chi connectivity index (χ1) is 11.7. The Hall–Kier alpha value is -2.14. The van der Waals surface area contributed by atoms with Crippen LogP contribution in [0.1, 0.15) is 0 Å². The van der Waals surface area contributed by atoms with Gasteiger partial charge in [0.25, 0.3) is 0 Å². The van der Waals surface area contributed by atoms with E-state index in [0.29, 0.717) is 10.0 Å². The summed E-state index contributed by atoms with van der Waals surface area (Å²) in [7, 11) is 0. The molecule has 0 fully saturated rings. The molecule has 2 heterocycles. The first-order valence-electron chi connectivity index (χ1n) is 7.23. The summed E-state index contributed by atoms with van der Waals surface area (Å²) < 4.78 is 1.80. The average Bonchev–Trinajstić information content (AvgIpc) is 3.24. The second kappa shape index (κ2) is 6.40. The first kappa shape index (κ1) is 15.4. The average molecular weight is 372 g/mol. The van der Waals surface area contributed by atoms with Gasteiger partial charge >= 0.3 is 0 Å². The van der Waals surface area contributed by atoms with Crippen molar-refractivity contribution in [2.24, 2.45) is 0 Å². The maximum atomic E-state index is 6.34. The van der Waals surface area contributed by atoms with Crippen LogP contribution in [0.3, 0.4) is 0 Å². The molecular weight excluding hydrogens is 361 g/mol. The van der Waals surface area contributed by atoms with Crippen LogP contribution in [-0.2, 0) is 0 Å². The summed E-state index contributed by atoms with van der Waals surface area (Å²) in [5, 5.41) is 8.42. The van der Waals surface area contributed by atoms with Crippen LogP contribution in [0.4, 0.5) is 0 Å². The van der Waals surface area contributed by atoms with E-state index in [2.05, 4.69) is 5.10 Å². The van der Waals surface area contributed by atoms with E-state index in [-0.39, 0.29) is 0 Å². The van der Waals surface area contributed by atoms with Crippen molar-refractivity contribution in [1.29, 1.82) is 0 Å². The van der Waals surface area contributed by atoms with Crippen LogP contribution in [0.5, 0.6) is 0 Å². The SMILES string of the molecule is Clc1ccc(-c2ccnn2-c2nc(-c3ccccc3)cs2)c(Cl)c1. The van der Waals surface area contributed by atoms with E-state index in [1.54, 1.807) is 28.3 Å². The van der Waals surface area contributed by atoms with Crippen molar-refractivity contribution in [3.8, 4) is 27.6 Å². The van der Waals surface area contributed by atoms with Crippen molar-refractivity contribution in [3.05, 3.63) is 76.2 Å². The Morgan fingerprint density at radius 1 is 0.958 bits per heavy atom. The summed E-state index contributed by atoms with van der Waals surface area (Å²) in [6, 6.07) is 17.4. The number of benzene rings is 2. The Morgan fingerprint density at radius 3 is 2.58 bits per heavy atom. The van der Waals surface area contributed by atoms with Crippen molar-refractivity contribution in [2.45, 2.75) is 0 Å². The molecule has 0 saturated heterocycles. The standard InChI is InChI=1S/C18H11Cl2N3S/c19-13-6-7-14(15(20)10-13)17-8-9-21-23(17)18-22-16(11-24-18)12-4-2-1-3-5-12/h1-11H. The van der Waals surface area contributed by atoms with Crippen molar-refractivity contribution in [2.75, 3.05) is 0 Å². The number of halogens is 2. The number of hydrogen-bond donors (Lipinski definition) is 0. The zero-order valence-corrected chi connectivity index (χ0v) is 14.7. The van der Waals surface area contributed by atoms with E-state index in [1.807, 2.05) is 53.9 Å². The summed E-state index contributed by atoms with van der Waals surface area (Å²) in [6.07, 6.45) is 1.74. The third kappa shape index (κ3) is 2.84. The second-order valence-electron chi connectivity index (χ2n) is 5.13. The molecule has 0 aliphatic rings. The maximum Gasteiger partial charge on any atom is 0.211 e. The summed E-state index contributed by atoms with van der Waals surface area (Å²) in [5.74, 6) is 0. The Morgan fingerprint density at radius 2 is 1.79 bits per heavy atom. The minimum absolute atomic E-state index is 0.587. The lowest BCUT2D eigenvalue weighted by Crippen LogP contribution is -1.98. The molecule has 2 aromatic carbocycles. The highest BCUT2D eigenvalue weighted by molar-refractivity contribution is 7.12. The van der Waals surface area contributed by atoms with Gasteiger partial charge in [0.05, 0.1) is 22.6 Å². The number of rotatable bonds is 3. The van der Waals surface area contributed by atoms with E-state index >= 15 is 0 Å². The summed E-state index contributed by atoms with van der Waals surface area (Å²) in [4.78, 5) is 4.71. The minimum Gasteiger partial charge on any atom is -0.218 e. The molecule has 6 heteroatoms. The quantitative estimate of drug-likeness (QED) is 0.444. The van der Waals surface area contributed by atoms with E-state index in [0.717, 1.165) is 27.6 Å².